The number of hydrogen-bond acceptors (Lipinski definition) is 3. The maximum Gasteiger partial charge on any atom is 0.193 e. The quantitative estimate of drug-likeness (QED) is 0.536. The molecule has 0 saturated carbocycles. The molecular weight excluding hydrogens is 320 g/mol. The van der Waals surface area contributed by atoms with Crippen LogP contribution in [-0.2, 0) is 0 Å². The number of unbranched alkanes of at least 4 members (excludes halogenated alkanes) is 2. The van der Waals surface area contributed by atoms with E-state index >= 15 is 0 Å². The molecule has 0 fully saturated rings. The van der Waals surface area contributed by atoms with Crippen LogP contribution in [0.1, 0.15) is 55.5 Å². The Labute approximate surface area is 158 Å². The maximum atomic E-state index is 12.7. The first-order chi connectivity index (χ1) is 12.6. The Kier molecular flexibility index (Phi) is 7.71. The third-order valence-electron chi connectivity index (χ3n) is 4.83. The van der Waals surface area contributed by atoms with E-state index in [0.29, 0.717) is 0 Å². The van der Waals surface area contributed by atoms with E-state index in [9.17, 15) is 4.79 Å². The van der Waals surface area contributed by atoms with Gasteiger partial charge < -0.3 is 9.80 Å². The molecule has 3 nitrogen and oxygen atoms in total. The minimum absolute atomic E-state index is 0.0792. The molecule has 3 heteroatoms. The first-order valence-electron chi connectivity index (χ1n) is 9.74. The minimum Gasteiger partial charge on any atom is -0.375 e. The van der Waals surface area contributed by atoms with E-state index in [-0.39, 0.29) is 5.78 Å². The predicted molar refractivity (Wildman–Crippen MR) is 113 cm³/mol. The number of benzene rings is 2. The van der Waals surface area contributed by atoms with Gasteiger partial charge in [0.1, 0.15) is 0 Å². The van der Waals surface area contributed by atoms with Crippen LogP contribution in [0.5, 0.6) is 0 Å². The zero-order valence-electron chi connectivity index (χ0n) is 16.7. The molecule has 2 aromatic rings. The third kappa shape index (κ3) is 5.35. The molecule has 0 unspecified atom stereocenters. The van der Waals surface area contributed by atoms with Crippen molar-refractivity contribution in [3.8, 4) is 0 Å². The number of nitrogens with zero attached hydrogens (tertiary/aromatic N) is 2. The van der Waals surface area contributed by atoms with Gasteiger partial charge in [-0.25, -0.2) is 0 Å². The first-order valence-corrected chi connectivity index (χ1v) is 9.74. The predicted octanol–water partition coefficient (Wildman–Crippen LogP) is 5.39. The largest absolute Gasteiger partial charge is 0.375 e. The van der Waals surface area contributed by atoms with Crippen LogP contribution in [-0.4, -0.2) is 33.0 Å². The molecule has 0 radical (unpaired) electrons. The smallest absolute Gasteiger partial charge is 0.193 e. The van der Waals surface area contributed by atoms with Gasteiger partial charge in [0.05, 0.1) is 0 Å². The van der Waals surface area contributed by atoms with Crippen molar-refractivity contribution >= 4 is 17.2 Å². The van der Waals surface area contributed by atoms with Gasteiger partial charge in [-0.1, -0.05) is 26.7 Å². The van der Waals surface area contributed by atoms with Crippen LogP contribution in [0.15, 0.2) is 48.5 Å². The molecule has 0 spiro atoms. The van der Waals surface area contributed by atoms with Gasteiger partial charge in [-0.05, 0) is 61.4 Å². The van der Waals surface area contributed by atoms with E-state index in [1.165, 1.54) is 25.7 Å². The van der Waals surface area contributed by atoms with E-state index in [1.807, 2.05) is 48.5 Å². The lowest BCUT2D eigenvalue weighted by atomic mass is 10.0. The topological polar surface area (TPSA) is 23.6 Å². The van der Waals surface area contributed by atoms with Gasteiger partial charge in [-0.15, -0.1) is 0 Å². The zero-order chi connectivity index (χ0) is 18.9. The number of carbonyl (C=O) groups excluding carboxylic acids is 1. The van der Waals surface area contributed by atoms with Crippen molar-refractivity contribution in [2.75, 3.05) is 37.0 Å². The fraction of sp³-hybridized carbons (Fsp3) is 0.435. The highest BCUT2D eigenvalue weighted by Gasteiger charge is 2.10. The van der Waals surface area contributed by atoms with Gasteiger partial charge in [0, 0.05) is 49.7 Å². The van der Waals surface area contributed by atoms with Gasteiger partial charge in [-0.3, -0.25) is 4.79 Å². The summed E-state index contributed by atoms with van der Waals surface area (Å²) in [6.45, 7) is 6.47. The number of carbonyl (C=O) groups is 1. The molecule has 140 valence electrons. The van der Waals surface area contributed by atoms with Crippen LogP contribution in [0.4, 0.5) is 11.4 Å². The third-order valence-corrected chi connectivity index (χ3v) is 4.83. The lowest BCUT2D eigenvalue weighted by Crippen LogP contribution is -2.18. The van der Waals surface area contributed by atoms with Crippen molar-refractivity contribution < 1.29 is 4.79 Å². The number of ketones is 1. The molecule has 0 aliphatic heterocycles. The molecule has 0 aliphatic rings. The van der Waals surface area contributed by atoms with Gasteiger partial charge in [0.2, 0.25) is 0 Å². The maximum absolute atomic E-state index is 12.7. The van der Waals surface area contributed by atoms with E-state index in [2.05, 4.69) is 37.7 Å². The van der Waals surface area contributed by atoms with Crippen LogP contribution in [0.2, 0.25) is 0 Å². The van der Waals surface area contributed by atoms with E-state index in [1.54, 1.807) is 0 Å². The molecule has 2 aromatic carbocycles. The molecular formula is C23H32N2O. The normalized spacial score (nSPS) is 10.6. The summed E-state index contributed by atoms with van der Waals surface area (Å²) in [5, 5.41) is 0. The Morgan fingerprint density at radius 3 is 1.35 bits per heavy atom. The van der Waals surface area contributed by atoms with Crippen LogP contribution >= 0.6 is 0 Å². The minimum atomic E-state index is 0.0792. The van der Waals surface area contributed by atoms with Crippen LogP contribution in [0.25, 0.3) is 0 Å². The summed E-state index contributed by atoms with van der Waals surface area (Å²) in [6.07, 6.45) is 4.72. The highest BCUT2D eigenvalue weighted by Crippen LogP contribution is 2.19. The molecule has 26 heavy (non-hydrogen) atoms. The second kappa shape index (κ2) is 10.0. The highest BCUT2D eigenvalue weighted by atomic mass is 16.1. The molecule has 0 bridgehead atoms. The van der Waals surface area contributed by atoms with Gasteiger partial charge in [0.25, 0.3) is 0 Å². The second-order valence-corrected chi connectivity index (χ2v) is 6.97. The lowest BCUT2D eigenvalue weighted by Gasteiger charge is -2.19. The number of hydrogen-bond donors (Lipinski definition) is 0. The molecule has 0 atom stereocenters. The van der Waals surface area contributed by atoms with E-state index in [0.717, 1.165) is 35.6 Å². The van der Waals surface area contributed by atoms with Crippen molar-refractivity contribution in [1.82, 2.24) is 0 Å². The SMILES string of the molecule is CCCCN(C)c1ccc(C(=O)c2ccc(N(C)CCCC)cc2)cc1. The van der Waals surface area contributed by atoms with Crippen molar-refractivity contribution in [1.29, 1.82) is 0 Å². The van der Waals surface area contributed by atoms with Gasteiger partial charge >= 0.3 is 0 Å². The van der Waals surface area contributed by atoms with Crippen LogP contribution < -0.4 is 9.80 Å². The van der Waals surface area contributed by atoms with Crippen LogP contribution in [0, 0.1) is 0 Å². The summed E-state index contributed by atoms with van der Waals surface area (Å²) in [6, 6.07) is 15.9. The van der Waals surface area contributed by atoms with E-state index < -0.39 is 0 Å². The van der Waals surface area contributed by atoms with E-state index in [4.69, 9.17) is 0 Å². The lowest BCUT2D eigenvalue weighted by molar-refractivity contribution is 0.103. The molecule has 0 amide bonds. The summed E-state index contributed by atoms with van der Waals surface area (Å²) in [7, 11) is 4.19. The Morgan fingerprint density at radius 2 is 1.04 bits per heavy atom. The monoisotopic (exact) mass is 352 g/mol. The summed E-state index contributed by atoms with van der Waals surface area (Å²) < 4.78 is 0. The second-order valence-electron chi connectivity index (χ2n) is 6.97. The number of anilines is 2. The fourth-order valence-electron chi connectivity index (χ4n) is 2.95. The molecule has 0 aromatic heterocycles. The Hall–Kier alpha value is -2.29. The highest BCUT2D eigenvalue weighted by molar-refractivity contribution is 6.09. The Morgan fingerprint density at radius 1 is 0.692 bits per heavy atom. The first kappa shape index (κ1) is 20.0. The Balaban J connectivity index is 2.04. The zero-order valence-corrected chi connectivity index (χ0v) is 16.7. The van der Waals surface area contributed by atoms with Gasteiger partial charge in [0.15, 0.2) is 5.78 Å². The molecule has 0 saturated heterocycles. The van der Waals surface area contributed by atoms with Crippen molar-refractivity contribution in [3.63, 3.8) is 0 Å². The summed E-state index contributed by atoms with van der Waals surface area (Å²) in [5.74, 6) is 0.0792. The summed E-state index contributed by atoms with van der Waals surface area (Å²) in [4.78, 5) is 17.2. The van der Waals surface area contributed by atoms with Gasteiger partial charge in [-0.2, -0.15) is 0 Å². The average Bonchev–Trinajstić information content (AvgIpc) is 2.69. The summed E-state index contributed by atoms with van der Waals surface area (Å²) in [5.41, 5.74) is 3.79. The fourth-order valence-corrected chi connectivity index (χ4v) is 2.95. The van der Waals surface area contributed by atoms with Crippen molar-refractivity contribution in [2.24, 2.45) is 0 Å². The molecule has 0 N–H and O–H groups in total. The molecule has 2 rings (SSSR count). The summed E-state index contributed by atoms with van der Waals surface area (Å²) >= 11 is 0. The van der Waals surface area contributed by atoms with Crippen molar-refractivity contribution in [2.45, 2.75) is 39.5 Å². The Bertz CT molecular complexity index is 617. The average molecular weight is 353 g/mol. The number of rotatable bonds is 10. The van der Waals surface area contributed by atoms with Crippen molar-refractivity contribution in [3.05, 3.63) is 59.7 Å². The molecule has 0 aliphatic carbocycles. The molecule has 0 heterocycles. The van der Waals surface area contributed by atoms with Crippen LogP contribution in [0.3, 0.4) is 0 Å². The standard InChI is InChI=1S/C23H32N2O/c1-5-7-17-24(3)21-13-9-19(10-14-21)23(26)20-11-15-22(16-12-20)25(4)18-8-6-2/h9-16H,5-8,17-18H2,1-4H3.